The first kappa shape index (κ1) is 13.6. The normalized spacial score (nSPS) is 12.3. The molecule has 0 spiro atoms. The zero-order chi connectivity index (χ0) is 12.3. The summed E-state index contributed by atoms with van der Waals surface area (Å²) < 4.78 is 1.66. The van der Waals surface area contributed by atoms with E-state index >= 15 is 0 Å². The van der Waals surface area contributed by atoms with Gasteiger partial charge in [-0.15, -0.1) is 0 Å². The standard InChI is InChI=1S/C11H15Br2N3/c1-4-6(2)15-11-8(12)5-9(13)16-10(11)7(3)14/h5-6,14-15H,4H2,1-3H3. The van der Waals surface area contributed by atoms with Crippen molar-refractivity contribution in [3.05, 3.63) is 20.8 Å². The predicted molar refractivity (Wildman–Crippen MR) is 75.5 cm³/mol. The van der Waals surface area contributed by atoms with E-state index in [0.717, 1.165) is 21.2 Å². The molecule has 0 saturated carbocycles. The highest BCUT2D eigenvalue weighted by molar-refractivity contribution is 9.11. The molecule has 5 heteroatoms. The molecule has 88 valence electrons. The minimum atomic E-state index is 0.359. The molecule has 0 fully saturated rings. The maximum atomic E-state index is 7.73. The predicted octanol–water partition coefficient (Wildman–Crippen LogP) is 4.20. The lowest BCUT2D eigenvalue weighted by molar-refractivity contribution is 0.762. The zero-order valence-corrected chi connectivity index (χ0v) is 12.7. The Balaban J connectivity index is 3.19. The molecule has 1 atom stereocenters. The van der Waals surface area contributed by atoms with Gasteiger partial charge in [-0.3, -0.25) is 0 Å². The van der Waals surface area contributed by atoms with Crippen LogP contribution in [0.2, 0.25) is 0 Å². The molecule has 0 aliphatic heterocycles. The van der Waals surface area contributed by atoms with E-state index in [2.05, 4.69) is 56.0 Å². The van der Waals surface area contributed by atoms with Crippen molar-refractivity contribution in [2.45, 2.75) is 33.2 Å². The van der Waals surface area contributed by atoms with Crippen molar-refractivity contribution in [3.63, 3.8) is 0 Å². The first-order valence-corrected chi connectivity index (χ1v) is 6.72. The molecule has 0 saturated heterocycles. The number of rotatable bonds is 4. The van der Waals surface area contributed by atoms with Crippen LogP contribution >= 0.6 is 31.9 Å². The molecule has 1 heterocycles. The number of pyridine rings is 1. The third-order valence-corrected chi connectivity index (χ3v) is 3.33. The van der Waals surface area contributed by atoms with Gasteiger partial charge < -0.3 is 10.7 Å². The lowest BCUT2D eigenvalue weighted by Gasteiger charge is -2.17. The average Bonchev–Trinajstić information content (AvgIpc) is 2.20. The van der Waals surface area contributed by atoms with Crippen molar-refractivity contribution in [2.75, 3.05) is 5.32 Å². The number of aromatic nitrogens is 1. The largest absolute Gasteiger partial charge is 0.380 e. The Morgan fingerprint density at radius 3 is 2.69 bits per heavy atom. The highest BCUT2D eigenvalue weighted by atomic mass is 79.9. The Hall–Kier alpha value is -0.420. The molecule has 1 aromatic heterocycles. The summed E-state index contributed by atoms with van der Waals surface area (Å²) >= 11 is 6.83. The summed E-state index contributed by atoms with van der Waals surface area (Å²) in [7, 11) is 0. The van der Waals surface area contributed by atoms with E-state index in [0.29, 0.717) is 17.4 Å². The van der Waals surface area contributed by atoms with Crippen LogP contribution in [0.25, 0.3) is 0 Å². The smallest absolute Gasteiger partial charge is 0.109 e. The van der Waals surface area contributed by atoms with Gasteiger partial charge >= 0.3 is 0 Å². The maximum Gasteiger partial charge on any atom is 0.109 e. The Morgan fingerprint density at radius 2 is 2.19 bits per heavy atom. The summed E-state index contributed by atoms with van der Waals surface area (Å²) in [6, 6.07) is 2.24. The SMILES string of the molecule is CCC(C)Nc1c(Br)cc(Br)nc1C(C)=N. The number of halogens is 2. The van der Waals surface area contributed by atoms with Crippen LogP contribution < -0.4 is 5.32 Å². The lowest BCUT2D eigenvalue weighted by Crippen LogP contribution is -2.17. The van der Waals surface area contributed by atoms with E-state index in [-0.39, 0.29) is 0 Å². The van der Waals surface area contributed by atoms with Gasteiger partial charge in [0.1, 0.15) is 10.3 Å². The first-order chi connectivity index (χ1) is 7.45. The molecule has 0 amide bonds. The summed E-state index contributed by atoms with van der Waals surface area (Å²) in [6.07, 6.45) is 1.03. The Morgan fingerprint density at radius 1 is 1.56 bits per heavy atom. The first-order valence-electron chi connectivity index (χ1n) is 5.13. The Bertz CT molecular complexity index is 404. The van der Waals surface area contributed by atoms with Gasteiger partial charge in [-0.05, 0) is 58.2 Å². The number of anilines is 1. The molecule has 2 N–H and O–H groups in total. The van der Waals surface area contributed by atoms with Crippen molar-refractivity contribution in [2.24, 2.45) is 0 Å². The molecule has 16 heavy (non-hydrogen) atoms. The van der Waals surface area contributed by atoms with Gasteiger partial charge in [-0.2, -0.15) is 0 Å². The van der Waals surface area contributed by atoms with Gasteiger partial charge in [0.15, 0.2) is 0 Å². The van der Waals surface area contributed by atoms with E-state index in [1.807, 2.05) is 6.07 Å². The number of hydrogen-bond donors (Lipinski definition) is 2. The lowest BCUT2D eigenvalue weighted by atomic mass is 10.2. The topological polar surface area (TPSA) is 48.8 Å². The minimum absolute atomic E-state index is 0.359. The van der Waals surface area contributed by atoms with Gasteiger partial charge in [0.25, 0.3) is 0 Å². The van der Waals surface area contributed by atoms with Gasteiger partial charge in [-0.25, -0.2) is 4.98 Å². The second kappa shape index (κ2) is 5.77. The van der Waals surface area contributed by atoms with Crippen LogP contribution in [0.15, 0.2) is 15.1 Å². The van der Waals surface area contributed by atoms with Crippen molar-refractivity contribution < 1.29 is 0 Å². The molecule has 0 aliphatic carbocycles. The highest BCUT2D eigenvalue weighted by Gasteiger charge is 2.13. The van der Waals surface area contributed by atoms with E-state index < -0.39 is 0 Å². The average molecular weight is 349 g/mol. The van der Waals surface area contributed by atoms with Crippen molar-refractivity contribution in [1.82, 2.24) is 4.98 Å². The second-order valence-electron chi connectivity index (χ2n) is 3.73. The highest BCUT2D eigenvalue weighted by Crippen LogP contribution is 2.29. The molecule has 1 aromatic rings. The molecule has 3 nitrogen and oxygen atoms in total. The number of nitrogens with one attached hydrogen (secondary N) is 2. The monoisotopic (exact) mass is 347 g/mol. The zero-order valence-electron chi connectivity index (χ0n) is 9.56. The fourth-order valence-corrected chi connectivity index (χ4v) is 2.47. The van der Waals surface area contributed by atoms with E-state index in [4.69, 9.17) is 5.41 Å². The summed E-state index contributed by atoms with van der Waals surface area (Å²) in [5.74, 6) is 0. The maximum absolute atomic E-state index is 7.73. The summed E-state index contributed by atoms with van der Waals surface area (Å²) in [5, 5.41) is 11.1. The minimum Gasteiger partial charge on any atom is -0.380 e. The quantitative estimate of drug-likeness (QED) is 0.632. The fourth-order valence-electron chi connectivity index (χ4n) is 1.24. The molecule has 0 aromatic carbocycles. The van der Waals surface area contributed by atoms with Crippen molar-refractivity contribution >= 4 is 43.3 Å². The van der Waals surface area contributed by atoms with Crippen LogP contribution in [-0.2, 0) is 0 Å². The summed E-state index contributed by atoms with van der Waals surface area (Å²) in [6.45, 7) is 5.97. The number of nitrogens with zero attached hydrogens (tertiary/aromatic N) is 1. The Kier molecular flexibility index (Phi) is 4.92. The van der Waals surface area contributed by atoms with Crippen LogP contribution in [0.1, 0.15) is 32.9 Å². The van der Waals surface area contributed by atoms with Crippen LogP contribution in [0.3, 0.4) is 0 Å². The van der Waals surface area contributed by atoms with Crippen molar-refractivity contribution in [3.8, 4) is 0 Å². The van der Waals surface area contributed by atoms with Gasteiger partial charge in [0.2, 0.25) is 0 Å². The third-order valence-electron chi connectivity index (χ3n) is 2.30. The molecule has 0 radical (unpaired) electrons. The fraction of sp³-hybridized carbons (Fsp3) is 0.455. The molecular weight excluding hydrogens is 334 g/mol. The summed E-state index contributed by atoms with van der Waals surface area (Å²) in [5.41, 5.74) is 2.03. The van der Waals surface area contributed by atoms with Crippen LogP contribution in [-0.4, -0.2) is 16.7 Å². The third kappa shape index (κ3) is 3.28. The molecule has 0 aliphatic rings. The van der Waals surface area contributed by atoms with Crippen LogP contribution in [0.5, 0.6) is 0 Å². The second-order valence-corrected chi connectivity index (χ2v) is 5.40. The van der Waals surface area contributed by atoms with Crippen LogP contribution in [0.4, 0.5) is 5.69 Å². The molecule has 0 bridgehead atoms. The van der Waals surface area contributed by atoms with E-state index in [9.17, 15) is 0 Å². The molecule has 1 unspecified atom stereocenters. The number of hydrogen-bond acceptors (Lipinski definition) is 3. The van der Waals surface area contributed by atoms with Crippen molar-refractivity contribution in [1.29, 1.82) is 5.41 Å². The molecular formula is C11H15Br2N3. The van der Waals surface area contributed by atoms with Gasteiger partial charge in [0, 0.05) is 10.5 Å². The molecule has 1 rings (SSSR count). The van der Waals surface area contributed by atoms with Gasteiger partial charge in [0.05, 0.1) is 11.4 Å². The van der Waals surface area contributed by atoms with E-state index in [1.54, 1.807) is 6.92 Å². The van der Waals surface area contributed by atoms with Crippen LogP contribution in [0, 0.1) is 5.41 Å². The Labute approximate surface area is 113 Å². The summed E-state index contributed by atoms with van der Waals surface area (Å²) in [4.78, 5) is 4.32. The van der Waals surface area contributed by atoms with E-state index in [1.165, 1.54) is 0 Å². The van der Waals surface area contributed by atoms with Gasteiger partial charge in [-0.1, -0.05) is 6.92 Å².